The van der Waals surface area contributed by atoms with Gasteiger partial charge in [0, 0.05) is 16.8 Å². The molecule has 0 saturated carbocycles. The Morgan fingerprint density at radius 3 is 2.71 bits per heavy atom. The summed E-state index contributed by atoms with van der Waals surface area (Å²) in [5.74, 6) is 0. The Kier molecular flexibility index (Phi) is 3.10. The van der Waals surface area contributed by atoms with Crippen LogP contribution in [0.15, 0.2) is 24.4 Å². The van der Waals surface area contributed by atoms with Gasteiger partial charge in [-0.3, -0.25) is 0 Å². The minimum absolute atomic E-state index is 0.515. The average molecular weight is 339 g/mol. The van der Waals surface area contributed by atoms with Crippen molar-refractivity contribution in [1.29, 1.82) is 0 Å². The van der Waals surface area contributed by atoms with Crippen LogP contribution in [0.3, 0.4) is 0 Å². The molecule has 6 heteroatoms. The predicted octanol–water partition coefficient (Wildman–Crippen LogP) is 4.85. The fourth-order valence-electron chi connectivity index (χ4n) is 2.79. The Morgan fingerprint density at radius 2 is 1.90 bits per heavy atom. The van der Waals surface area contributed by atoms with Gasteiger partial charge >= 0.3 is 0 Å². The molecule has 2 heterocycles. The first-order valence-corrected chi connectivity index (χ1v) is 7.79. The van der Waals surface area contributed by atoms with E-state index in [0.717, 1.165) is 47.3 Å². The van der Waals surface area contributed by atoms with E-state index in [1.807, 2.05) is 12.1 Å². The molecule has 1 aliphatic carbocycles. The first-order chi connectivity index (χ1) is 10.1. The molecule has 0 N–H and O–H groups in total. The van der Waals surface area contributed by atoms with Crippen molar-refractivity contribution >= 4 is 40.4 Å². The van der Waals surface area contributed by atoms with Crippen LogP contribution in [0.5, 0.6) is 0 Å². The standard InChI is InChI=1S/C15H10Cl3N3/c16-11-5-4-8(6-12(11)17)10-7-19-21-14(18)9-2-1-3-13(9)20-15(10)21/h4-7H,1-3H2. The van der Waals surface area contributed by atoms with Crippen LogP contribution in [-0.2, 0) is 12.8 Å². The van der Waals surface area contributed by atoms with Crippen molar-refractivity contribution in [2.75, 3.05) is 0 Å². The summed E-state index contributed by atoms with van der Waals surface area (Å²) < 4.78 is 1.70. The normalized spacial score (nSPS) is 13.9. The van der Waals surface area contributed by atoms with Gasteiger partial charge in [0.15, 0.2) is 5.65 Å². The number of aromatic nitrogens is 3. The fraction of sp³-hybridized carbons (Fsp3) is 0.200. The lowest BCUT2D eigenvalue weighted by Crippen LogP contribution is -1.99. The average Bonchev–Trinajstić information content (AvgIpc) is 3.09. The zero-order valence-electron chi connectivity index (χ0n) is 10.9. The highest BCUT2D eigenvalue weighted by atomic mass is 35.5. The van der Waals surface area contributed by atoms with Gasteiger partial charge in [0.2, 0.25) is 0 Å². The molecule has 0 spiro atoms. The third-order valence-electron chi connectivity index (χ3n) is 3.84. The highest BCUT2D eigenvalue weighted by Gasteiger charge is 2.21. The van der Waals surface area contributed by atoms with E-state index in [1.54, 1.807) is 16.8 Å². The number of halogens is 3. The predicted molar refractivity (Wildman–Crippen MR) is 85.5 cm³/mol. The molecule has 0 bridgehead atoms. The van der Waals surface area contributed by atoms with Gasteiger partial charge in [-0.2, -0.15) is 5.10 Å². The Hall–Kier alpha value is -1.29. The smallest absolute Gasteiger partial charge is 0.164 e. The van der Waals surface area contributed by atoms with Gasteiger partial charge in [0.05, 0.1) is 16.2 Å². The summed E-state index contributed by atoms with van der Waals surface area (Å²) >= 11 is 18.5. The molecule has 2 aromatic heterocycles. The van der Waals surface area contributed by atoms with Crippen molar-refractivity contribution in [1.82, 2.24) is 14.6 Å². The van der Waals surface area contributed by atoms with Gasteiger partial charge < -0.3 is 0 Å². The molecule has 0 radical (unpaired) electrons. The second-order valence-corrected chi connectivity index (χ2v) is 6.28. The number of rotatable bonds is 1. The topological polar surface area (TPSA) is 30.2 Å². The van der Waals surface area contributed by atoms with Gasteiger partial charge in [0.25, 0.3) is 0 Å². The summed E-state index contributed by atoms with van der Waals surface area (Å²) in [7, 11) is 0. The number of hydrogen-bond acceptors (Lipinski definition) is 2. The summed E-state index contributed by atoms with van der Waals surface area (Å²) in [4.78, 5) is 4.74. The SMILES string of the molecule is Clc1ccc(-c2cnn3c(Cl)c4c(nc23)CCC4)cc1Cl. The molecule has 0 saturated heterocycles. The molecule has 4 rings (SSSR count). The van der Waals surface area contributed by atoms with Crippen molar-refractivity contribution in [3.8, 4) is 11.1 Å². The number of benzene rings is 1. The molecule has 106 valence electrons. The van der Waals surface area contributed by atoms with Crippen LogP contribution in [-0.4, -0.2) is 14.6 Å². The Balaban J connectivity index is 1.98. The molecular weight excluding hydrogens is 329 g/mol. The summed E-state index contributed by atoms with van der Waals surface area (Å²) in [5.41, 5.74) is 4.80. The lowest BCUT2D eigenvalue weighted by atomic mass is 10.1. The monoisotopic (exact) mass is 337 g/mol. The molecule has 0 unspecified atom stereocenters. The van der Waals surface area contributed by atoms with Gasteiger partial charge in [-0.25, -0.2) is 9.50 Å². The first kappa shape index (κ1) is 13.4. The largest absolute Gasteiger partial charge is 0.233 e. The van der Waals surface area contributed by atoms with E-state index < -0.39 is 0 Å². The van der Waals surface area contributed by atoms with Crippen LogP contribution >= 0.6 is 34.8 Å². The second-order valence-electron chi connectivity index (χ2n) is 5.10. The highest BCUT2D eigenvalue weighted by Crippen LogP contribution is 2.34. The minimum atomic E-state index is 0.515. The van der Waals surface area contributed by atoms with Gasteiger partial charge in [-0.15, -0.1) is 0 Å². The quantitative estimate of drug-likeness (QED) is 0.594. The molecule has 0 atom stereocenters. The number of hydrogen-bond donors (Lipinski definition) is 0. The zero-order valence-corrected chi connectivity index (χ0v) is 13.2. The van der Waals surface area contributed by atoms with Gasteiger partial charge in [-0.1, -0.05) is 40.9 Å². The van der Waals surface area contributed by atoms with Crippen LogP contribution in [0.2, 0.25) is 15.2 Å². The van der Waals surface area contributed by atoms with Crippen molar-refractivity contribution in [2.45, 2.75) is 19.3 Å². The Morgan fingerprint density at radius 1 is 1.05 bits per heavy atom. The molecule has 3 nitrogen and oxygen atoms in total. The van der Waals surface area contributed by atoms with Gasteiger partial charge in [-0.05, 0) is 37.0 Å². The molecule has 1 aromatic carbocycles. The summed E-state index contributed by atoms with van der Waals surface area (Å²) in [6.45, 7) is 0. The molecule has 1 aliphatic rings. The van der Waals surface area contributed by atoms with E-state index in [9.17, 15) is 0 Å². The lowest BCUT2D eigenvalue weighted by Gasteiger charge is -2.06. The number of nitrogens with zero attached hydrogens (tertiary/aromatic N) is 3. The van der Waals surface area contributed by atoms with Crippen LogP contribution in [0.25, 0.3) is 16.8 Å². The van der Waals surface area contributed by atoms with Crippen LogP contribution in [0, 0.1) is 0 Å². The van der Waals surface area contributed by atoms with E-state index in [4.69, 9.17) is 39.8 Å². The maximum Gasteiger partial charge on any atom is 0.164 e. The van der Waals surface area contributed by atoms with Crippen molar-refractivity contribution < 1.29 is 0 Å². The second kappa shape index (κ2) is 4.87. The molecule has 21 heavy (non-hydrogen) atoms. The van der Waals surface area contributed by atoms with Crippen molar-refractivity contribution in [3.63, 3.8) is 0 Å². The van der Waals surface area contributed by atoms with E-state index in [0.29, 0.717) is 15.2 Å². The summed E-state index contributed by atoms with van der Waals surface area (Å²) in [6, 6.07) is 5.51. The lowest BCUT2D eigenvalue weighted by molar-refractivity contribution is 0.900. The van der Waals surface area contributed by atoms with Crippen molar-refractivity contribution in [3.05, 3.63) is 50.9 Å². The Labute approximate surface area is 136 Å². The van der Waals surface area contributed by atoms with Crippen LogP contribution in [0.4, 0.5) is 0 Å². The van der Waals surface area contributed by atoms with E-state index >= 15 is 0 Å². The zero-order chi connectivity index (χ0) is 14.6. The van der Waals surface area contributed by atoms with E-state index in [2.05, 4.69) is 5.10 Å². The Bertz CT molecular complexity index is 870. The van der Waals surface area contributed by atoms with E-state index in [-0.39, 0.29) is 0 Å². The number of aryl methyl sites for hydroxylation is 1. The third kappa shape index (κ3) is 2.03. The molecule has 0 amide bonds. The maximum absolute atomic E-state index is 6.46. The highest BCUT2D eigenvalue weighted by molar-refractivity contribution is 6.42. The van der Waals surface area contributed by atoms with Crippen molar-refractivity contribution in [2.24, 2.45) is 0 Å². The third-order valence-corrected chi connectivity index (χ3v) is 4.97. The fourth-order valence-corrected chi connectivity index (χ4v) is 3.41. The van der Waals surface area contributed by atoms with Gasteiger partial charge in [0.1, 0.15) is 5.15 Å². The molecular formula is C15H10Cl3N3. The molecule has 0 aliphatic heterocycles. The summed E-state index contributed by atoms with van der Waals surface area (Å²) in [6.07, 6.45) is 4.80. The molecule has 3 aromatic rings. The summed E-state index contributed by atoms with van der Waals surface area (Å²) in [5, 5.41) is 6.08. The van der Waals surface area contributed by atoms with Crippen LogP contribution < -0.4 is 0 Å². The minimum Gasteiger partial charge on any atom is -0.233 e. The molecule has 0 fully saturated rings. The van der Waals surface area contributed by atoms with E-state index in [1.165, 1.54) is 0 Å². The first-order valence-electron chi connectivity index (χ1n) is 6.65. The number of fused-ring (bicyclic) bond motifs is 2. The van der Waals surface area contributed by atoms with Crippen LogP contribution in [0.1, 0.15) is 17.7 Å². The maximum atomic E-state index is 6.46.